The Morgan fingerprint density at radius 2 is 1.83 bits per heavy atom. The first-order valence-electron chi connectivity index (χ1n) is 10.2. The summed E-state index contributed by atoms with van der Waals surface area (Å²) in [5.41, 5.74) is 1.88. The third-order valence-electron chi connectivity index (χ3n) is 5.12. The van der Waals surface area contributed by atoms with Gasteiger partial charge in [0.15, 0.2) is 0 Å². The molecule has 160 valence electrons. The van der Waals surface area contributed by atoms with Crippen molar-refractivity contribution in [3.63, 3.8) is 0 Å². The average molecular weight is 433 g/mol. The molecule has 0 aliphatic carbocycles. The molecule has 1 saturated heterocycles. The van der Waals surface area contributed by atoms with E-state index in [-0.39, 0.29) is 17.6 Å². The van der Waals surface area contributed by atoms with E-state index in [2.05, 4.69) is 10.4 Å². The van der Waals surface area contributed by atoms with Gasteiger partial charge in [0.25, 0.3) is 0 Å². The van der Waals surface area contributed by atoms with Crippen molar-refractivity contribution in [2.45, 2.75) is 39.0 Å². The normalized spacial score (nSPS) is 14.7. The van der Waals surface area contributed by atoms with E-state index in [1.807, 2.05) is 4.90 Å². The number of carbonyl (C=O) groups excluding carboxylic acids is 2. The van der Waals surface area contributed by atoms with Crippen molar-refractivity contribution in [3.05, 3.63) is 52.6 Å². The van der Waals surface area contributed by atoms with Gasteiger partial charge in [0, 0.05) is 37.7 Å². The third kappa shape index (κ3) is 5.69. The van der Waals surface area contributed by atoms with E-state index in [1.54, 1.807) is 25.1 Å². The first kappa shape index (κ1) is 22.0. The number of aromatic nitrogens is 2. The average Bonchev–Trinajstić information content (AvgIpc) is 2.91. The molecule has 1 fully saturated rings. The Kier molecular flexibility index (Phi) is 7.63. The number of nitrogens with zero attached hydrogens (tertiary/aromatic N) is 3. The van der Waals surface area contributed by atoms with Crippen molar-refractivity contribution in [2.75, 3.05) is 19.6 Å². The Morgan fingerprint density at radius 3 is 2.50 bits per heavy atom. The number of hydrogen-bond acceptors (Lipinski definition) is 3. The second-order valence-electron chi connectivity index (χ2n) is 7.35. The van der Waals surface area contributed by atoms with Crippen LogP contribution in [0.25, 0.3) is 11.8 Å². The number of hydrogen-bond donors (Lipinski definition) is 1. The maximum absolute atomic E-state index is 13.1. The molecular formula is C22H26ClFN4O2. The molecule has 2 amide bonds. The van der Waals surface area contributed by atoms with Crippen LogP contribution in [-0.2, 0) is 9.59 Å². The Morgan fingerprint density at radius 1 is 1.17 bits per heavy atom. The summed E-state index contributed by atoms with van der Waals surface area (Å²) >= 11 is 6.41. The smallest absolute Gasteiger partial charge is 0.244 e. The molecule has 0 unspecified atom stereocenters. The SMILES string of the molecule is Cc1nn(-c2ccc(F)cc2)c(Cl)c1/C=C/C(=O)NCCC(=O)N1CCCCCC1. The fourth-order valence-electron chi connectivity index (χ4n) is 3.44. The second kappa shape index (κ2) is 10.4. The second-order valence-corrected chi connectivity index (χ2v) is 7.71. The molecule has 6 nitrogen and oxygen atoms in total. The van der Waals surface area contributed by atoms with Crippen LogP contribution in [0, 0.1) is 12.7 Å². The Bertz CT molecular complexity index is 916. The summed E-state index contributed by atoms with van der Waals surface area (Å²) in [5.74, 6) is -0.561. The van der Waals surface area contributed by atoms with Crippen LogP contribution in [-0.4, -0.2) is 46.1 Å². The van der Waals surface area contributed by atoms with Crippen LogP contribution in [0.4, 0.5) is 4.39 Å². The van der Waals surface area contributed by atoms with E-state index in [9.17, 15) is 14.0 Å². The molecule has 0 bridgehead atoms. The van der Waals surface area contributed by atoms with Gasteiger partial charge in [-0.25, -0.2) is 9.07 Å². The van der Waals surface area contributed by atoms with Crippen LogP contribution in [0.5, 0.6) is 0 Å². The molecule has 1 aromatic carbocycles. The molecule has 30 heavy (non-hydrogen) atoms. The first-order chi connectivity index (χ1) is 14.5. The number of aryl methyl sites for hydroxylation is 1. The van der Waals surface area contributed by atoms with Crippen molar-refractivity contribution in [1.29, 1.82) is 0 Å². The van der Waals surface area contributed by atoms with Crippen LogP contribution in [0.15, 0.2) is 30.3 Å². The van der Waals surface area contributed by atoms with Crippen molar-refractivity contribution in [3.8, 4) is 5.69 Å². The Hall–Kier alpha value is -2.67. The zero-order chi connectivity index (χ0) is 21.5. The third-order valence-corrected chi connectivity index (χ3v) is 5.48. The quantitative estimate of drug-likeness (QED) is 0.704. The largest absolute Gasteiger partial charge is 0.352 e. The summed E-state index contributed by atoms with van der Waals surface area (Å²) in [6.45, 7) is 3.69. The van der Waals surface area contributed by atoms with E-state index in [0.717, 1.165) is 25.9 Å². The standard InChI is InChI=1S/C22H26ClFN4O2/c1-16-19(22(23)28(26-16)18-8-6-17(24)7-9-18)10-11-20(29)25-13-12-21(30)27-14-4-2-3-5-15-27/h6-11H,2-5,12-15H2,1H3,(H,25,29)/b11-10+. The predicted octanol–water partition coefficient (Wildman–Crippen LogP) is 3.90. The number of amides is 2. The van der Waals surface area contributed by atoms with Gasteiger partial charge < -0.3 is 10.2 Å². The number of benzene rings is 1. The molecule has 0 saturated carbocycles. The predicted molar refractivity (Wildman–Crippen MR) is 115 cm³/mol. The van der Waals surface area contributed by atoms with Crippen molar-refractivity contribution in [1.82, 2.24) is 20.0 Å². The summed E-state index contributed by atoms with van der Waals surface area (Å²) in [5, 5.41) is 7.43. The molecule has 1 aliphatic rings. The zero-order valence-corrected chi connectivity index (χ0v) is 17.8. The van der Waals surface area contributed by atoms with E-state index in [4.69, 9.17) is 11.6 Å². The minimum atomic E-state index is -0.343. The van der Waals surface area contributed by atoms with Crippen molar-refractivity contribution in [2.24, 2.45) is 0 Å². The highest BCUT2D eigenvalue weighted by atomic mass is 35.5. The van der Waals surface area contributed by atoms with Crippen molar-refractivity contribution >= 4 is 29.5 Å². The zero-order valence-electron chi connectivity index (χ0n) is 17.0. The van der Waals surface area contributed by atoms with Gasteiger partial charge in [-0.2, -0.15) is 5.10 Å². The first-order valence-corrected chi connectivity index (χ1v) is 10.6. The molecule has 0 radical (unpaired) electrons. The van der Waals surface area contributed by atoms with Crippen LogP contribution >= 0.6 is 11.6 Å². The Balaban J connectivity index is 1.54. The molecule has 2 aromatic rings. The number of carbonyl (C=O) groups is 2. The molecule has 2 heterocycles. The lowest BCUT2D eigenvalue weighted by Gasteiger charge is -2.20. The van der Waals surface area contributed by atoms with Gasteiger partial charge in [0.1, 0.15) is 11.0 Å². The van der Waals surface area contributed by atoms with Crippen LogP contribution < -0.4 is 5.32 Å². The van der Waals surface area contributed by atoms with Gasteiger partial charge >= 0.3 is 0 Å². The molecule has 1 aliphatic heterocycles. The van der Waals surface area contributed by atoms with Crippen LogP contribution in [0.2, 0.25) is 5.15 Å². The summed E-state index contributed by atoms with van der Waals surface area (Å²) < 4.78 is 14.6. The van der Waals surface area contributed by atoms with Gasteiger partial charge in [-0.3, -0.25) is 9.59 Å². The van der Waals surface area contributed by atoms with Gasteiger partial charge in [0.2, 0.25) is 11.8 Å². The lowest BCUT2D eigenvalue weighted by atomic mass is 10.2. The topological polar surface area (TPSA) is 67.2 Å². The number of halogens is 2. The van der Waals surface area contributed by atoms with Crippen LogP contribution in [0.3, 0.4) is 0 Å². The molecule has 1 aromatic heterocycles. The highest BCUT2D eigenvalue weighted by Gasteiger charge is 2.15. The number of rotatable bonds is 6. The molecule has 0 spiro atoms. The van der Waals surface area contributed by atoms with Gasteiger partial charge in [-0.05, 0) is 50.1 Å². The van der Waals surface area contributed by atoms with Gasteiger partial charge in [-0.1, -0.05) is 24.4 Å². The molecule has 1 N–H and O–H groups in total. The van der Waals surface area contributed by atoms with E-state index < -0.39 is 0 Å². The monoisotopic (exact) mass is 432 g/mol. The summed E-state index contributed by atoms with van der Waals surface area (Å²) in [4.78, 5) is 26.3. The van der Waals surface area contributed by atoms with E-state index in [1.165, 1.54) is 35.7 Å². The fourth-order valence-corrected chi connectivity index (χ4v) is 3.78. The lowest BCUT2D eigenvalue weighted by Crippen LogP contribution is -2.34. The van der Waals surface area contributed by atoms with Gasteiger partial charge in [-0.15, -0.1) is 0 Å². The molecular weight excluding hydrogens is 407 g/mol. The van der Waals surface area contributed by atoms with Crippen molar-refractivity contribution < 1.29 is 14.0 Å². The maximum Gasteiger partial charge on any atom is 0.244 e. The van der Waals surface area contributed by atoms with Gasteiger partial charge in [0.05, 0.1) is 11.4 Å². The minimum absolute atomic E-state index is 0.0839. The van der Waals surface area contributed by atoms with E-state index >= 15 is 0 Å². The summed E-state index contributed by atoms with van der Waals surface area (Å²) in [6, 6.07) is 5.82. The highest BCUT2D eigenvalue weighted by molar-refractivity contribution is 6.31. The molecule has 8 heteroatoms. The Labute approximate surface area is 180 Å². The summed E-state index contributed by atoms with van der Waals surface area (Å²) in [6.07, 6.45) is 7.70. The lowest BCUT2D eigenvalue weighted by molar-refractivity contribution is -0.131. The maximum atomic E-state index is 13.1. The fraction of sp³-hybridized carbons (Fsp3) is 0.409. The number of nitrogens with one attached hydrogen (secondary N) is 1. The summed E-state index contributed by atoms with van der Waals surface area (Å²) in [7, 11) is 0. The number of likely N-dealkylation sites (tertiary alicyclic amines) is 1. The molecule has 3 rings (SSSR count). The van der Waals surface area contributed by atoms with E-state index in [0.29, 0.717) is 35.1 Å². The molecule has 0 atom stereocenters. The van der Waals surface area contributed by atoms with Crippen LogP contribution in [0.1, 0.15) is 43.4 Å². The minimum Gasteiger partial charge on any atom is -0.352 e. The highest BCUT2D eigenvalue weighted by Crippen LogP contribution is 2.24.